The third-order valence-corrected chi connectivity index (χ3v) is 8.78. The largest absolute Gasteiger partial charge is 0.386 e. The van der Waals surface area contributed by atoms with Gasteiger partial charge in [-0.25, -0.2) is 13.3 Å². The summed E-state index contributed by atoms with van der Waals surface area (Å²) in [6.07, 6.45) is 5.46. The van der Waals surface area contributed by atoms with Gasteiger partial charge in [0.25, 0.3) is 5.91 Å². The Morgan fingerprint density at radius 3 is 2.38 bits per heavy atom. The minimum atomic E-state index is -3.50. The van der Waals surface area contributed by atoms with E-state index >= 15 is 0 Å². The third kappa shape index (κ3) is 3.14. The quantitative estimate of drug-likeness (QED) is 0.723. The molecular formula is C23H26N4O4S. The van der Waals surface area contributed by atoms with E-state index in [1.807, 2.05) is 0 Å². The van der Waals surface area contributed by atoms with Crippen molar-refractivity contribution in [3.63, 3.8) is 0 Å². The molecule has 8 nitrogen and oxygen atoms in total. The molecule has 0 fully saturated rings. The molecule has 2 aromatic rings. The summed E-state index contributed by atoms with van der Waals surface area (Å²) in [6, 6.07) is 3.92. The smallest absolute Gasteiger partial charge is 0.355 e. The van der Waals surface area contributed by atoms with Crippen LogP contribution >= 0.6 is 0 Å². The van der Waals surface area contributed by atoms with Gasteiger partial charge >= 0.3 is 6.03 Å². The molecule has 1 aromatic heterocycles. The van der Waals surface area contributed by atoms with E-state index in [4.69, 9.17) is 4.98 Å². The Labute approximate surface area is 187 Å². The SMILES string of the molecule is CN1C(=O)c2ccc(C(C)(C)O)cc2S1(=O)=NC(=O)Nc1c2c(nc3c1CCC3)CCC2. The predicted octanol–water partition coefficient (Wildman–Crippen LogP) is 3.35. The van der Waals surface area contributed by atoms with Crippen molar-refractivity contribution < 1.29 is 18.9 Å². The first kappa shape index (κ1) is 21.1. The second-order valence-electron chi connectivity index (χ2n) is 9.14. The van der Waals surface area contributed by atoms with Crippen LogP contribution in [-0.4, -0.2) is 37.6 Å². The zero-order valence-corrected chi connectivity index (χ0v) is 19.2. The molecule has 0 saturated heterocycles. The third-order valence-electron chi connectivity index (χ3n) is 6.55. The highest BCUT2D eigenvalue weighted by molar-refractivity contribution is 7.92. The molecule has 2 heterocycles. The molecule has 0 saturated carbocycles. The summed E-state index contributed by atoms with van der Waals surface area (Å²) in [5, 5.41) is 13.3. The van der Waals surface area contributed by atoms with Gasteiger partial charge in [0, 0.05) is 18.4 Å². The molecule has 168 valence electrons. The average molecular weight is 455 g/mol. The normalized spacial score (nSPS) is 21.4. The molecule has 0 bridgehead atoms. The number of benzene rings is 1. The lowest BCUT2D eigenvalue weighted by Gasteiger charge is -2.19. The van der Waals surface area contributed by atoms with Crippen LogP contribution in [0.3, 0.4) is 0 Å². The number of aliphatic hydroxyl groups is 1. The van der Waals surface area contributed by atoms with Crippen LogP contribution in [-0.2, 0) is 41.2 Å². The number of aryl methyl sites for hydroxylation is 2. The van der Waals surface area contributed by atoms with Crippen molar-refractivity contribution in [3.05, 3.63) is 51.8 Å². The van der Waals surface area contributed by atoms with Crippen molar-refractivity contribution in [2.45, 2.75) is 62.9 Å². The molecule has 1 unspecified atom stereocenters. The van der Waals surface area contributed by atoms with Crippen LogP contribution in [0.1, 0.15) is 65.1 Å². The second-order valence-corrected chi connectivity index (χ2v) is 11.3. The predicted molar refractivity (Wildman–Crippen MR) is 120 cm³/mol. The van der Waals surface area contributed by atoms with E-state index in [1.54, 1.807) is 19.9 Å². The van der Waals surface area contributed by atoms with Crippen LogP contribution in [0.25, 0.3) is 0 Å². The average Bonchev–Trinajstić information content (AvgIpc) is 3.43. The Morgan fingerprint density at radius 2 is 1.78 bits per heavy atom. The van der Waals surface area contributed by atoms with Gasteiger partial charge < -0.3 is 10.4 Å². The topological polar surface area (TPSA) is 112 Å². The van der Waals surface area contributed by atoms with E-state index in [-0.39, 0.29) is 10.5 Å². The highest BCUT2D eigenvalue weighted by Crippen LogP contribution is 2.38. The molecule has 2 N–H and O–H groups in total. The van der Waals surface area contributed by atoms with Crippen LogP contribution in [0.2, 0.25) is 0 Å². The maximum atomic E-state index is 13.9. The summed E-state index contributed by atoms with van der Waals surface area (Å²) in [5.41, 5.74) is 4.43. The van der Waals surface area contributed by atoms with Crippen molar-refractivity contribution in [3.8, 4) is 0 Å². The van der Waals surface area contributed by atoms with Crippen LogP contribution in [0.15, 0.2) is 27.5 Å². The summed E-state index contributed by atoms with van der Waals surface area (Å²) < 4.78 is 18.9. The first-order valence-electron chi connectivity index (χ1n) is 10.9. The van der Waals surface area contributed by atoms with E-state index in [2.05, 4.69) is 9.68 Å². The summed E-state index contributed by atoms with van der Waals surface area (Å²) in [5.74, 6) is -0.463. The first-order chi connectivity index (χ1) is 15.1. The minimum Gasteiger partial charge on any atom is -0.386 e. The molecule has 3 amide bonds. The van der Waals surface area contributed by atoms with Gasteiger partial charge in [0.05, 0.1) is 21.7 Å². The van der Waals surface area contributed by atoms with Crippen molar-refractivity contribution in [2.24, 2.45) is 4.36 Å². The van der Waals surface area contributed by atoms with Crippen molar-refractivity contribution in [1.29, 1.82) is 0 Å². The number of nitrogens with zero attached hydrogens (tertiary/aromatic N) is 3. The Balaban J connectivity index is 1.58. The molecule has 3 aliphatic rings. The Morgan fingerprint density at radius 1 is 1.16 bits per heavy atom. The zero-order valence-electron chi connectivity index (χ0n) is 18.4. The number of nitrogens with one attached hydrogen (secondary N) is 1. The number of urea groups is 1. The lowest BCUT2D eigenvalue weighted by atomic mass is 9.97. The molecule has 32 heavy (non-hydrogen) atoms. The van der Waals surface area contributed by atoms with Gasteiger partial charge in [0.2, 0.25) is 0 Å². The highest BCUT2D eigenvalue weighted by Gasteiger charge is 2.39. The van der Waals surface area contributed by atoms with E-state index in [0.717, 1.165) is 71.0 Å². The van der Waals surface area contributed by atoms with Crippen LogP contribution in [0.5, 0.6) is 0 Å². The number of anilines is 1. The molecule has 1 atom stereocenters. The number of carbonyl (C=O) groups excluding carboxylic acids is 2. The Kier molecular flexibility index (Phi) is 4.69. The van der Waals surface area contributed by atoms with Crippen molar-refractivity contribution >= 4 is 27.5 Å². The van der Waals surface area contributed by atoms with Gasteiger partial charge in [-0.05, 0) is 81.2 Å². The number of fused-ring (bicyclic) bond motifs is 3. The van der Waals surface area contributed by atoms with Crippen molar-refractivity contribution in [1.82, 2.24) is 9.29 Å². The van der Waals surface area contributed by atoms with Gasteiger partial charge in [-0.1, -0.05) is 6.07 Å². The molecule has 9 heteroatoms. The van der Waals surface area contributed by atoms with Gasteiger partial charge in [-0.3, -0.25) is 9.78 Å². The van der Waals surface area contributed by atoms with Crippen molar-refractivity contribution in [2.75, 3.05) is 12.4 Å². The molecule has 0 radical (unpaired) electrons. The summed E-state index contributed by atoms with van der Waals surface area (Å²) in [7, 11) is -2.12. The van der Waals surface area contributed by atoms with E-state index in [0.29, 0.717) is 5.56 Å². The molecule has 1 aliphatic heterocycles. The Bertz CT molecular complexity index is 1270. The number of aromatic nitrogens is 1. The summed E-state index contributed by atoms with van der Waals surface area (Å²) >= 11 is 0. The fourth-order valence-electron chi connectivity index (χ4n) is 4.82. The fraction of sp³-hybridized carbons (Fsp3) is 0.435. The monoisotopic (exact) mass is 454 g/mol. The standard InChI is InChI=1S/C23H26N4O4S/c1-23(2,30)13-10-11-16-19(12-13)32(31,27(3)21(16)28)26-22(29)25-20-14-6-4-8-17(14)24-18-9-5-7-15(18)20/h10-12,30H,4-9H2,1-3H3,(H,24,25,29). The Hall–Kier alpha value is -2.78. The number of carbonyl (C=O) groups is 2. The molecule has 5 rings (SSSR count). The molecular weight excluding hydrogens is 428 g/mol. The molecule has 0 spiro atoms. The van der Waals surface area contributed by atoms with Crippen LogP contribution in [0.4, 0.5) is 10.5 Å². The fourth-order valence-corrected chi connectivity index (χ4v) is 6.65. The number of hydrogen-bond donors (Lipinski definition) is 2. The summed E-state index contributed by atoms with van der Waals surface area (Å²) in [4.78, 5) is 30.7. The molecule has 2 aliphatic carbocycles. The maximum absolute atomic E-state index is 13.9. The van der Waals surface area contributed by atoms with Crippen LogP contribution in [0, 0.1) is 0 Å². The second kappa shape index (κ2) is 7.11. The number of rotatable bonds is 2. The summed E-state index contributed by atoms with van der Waals surface area (Å²) in [6.45, 7) is 3.21. The van der Waals surface area contributed by atoms with E-state index in [9.17, 15) is 18.9 Å². The molecule has 1 aromatic carbocycles. The van der Waals surface area contributed by atoms with E-state index < -0.39 is 27.5 Å². The van der Waals surface area contributed by atoms with Gasteiger partial charge in [-0.15, -0.1) is 4.36 Å². The number of pyridine rings is 1. The van der Waals surface area contributed by atoms with Gasteiger partial charge in [0.1, 0.15) is 0 Å². The van der Waals surface area contributed by atoms with Gasteiger partial charge in [-0.2, -0.15) is 0 Å². The lowest BCUT2D eigenvalue weighted by molar-refractivity contribution is 0.0781. The van der Waals surface area contributed by atoms with Gasteiger partial charge in [0.15, 0.2) is 9.92 Å². The number of hydrogen-bond acceptors (Lipinski definition) is 5. The van der Waals surface area contributed by atoms with Crippen LogP contribution < -0.4 is 5.32 Å². The van der Waals surface area contributed by atoms with E-state index in [1.165, 1.54) is 19.2 Å². The number of amides is 3. The maximum Gasteiger partial charge on any atom is 0.355 e. The first-order valence-corrected chi connectivity index (χ1v) is 12.3. The highest BCUT2D eigenvalue weighted by atomic mass is 32.2. The minimum absolute atomic E-state index is 0.157. The lowest BCUT2D eigenvalue weighted by Crippen LogP contribution is -2.26. The zero-order chi connectivity index (χ0) is 22.8.